The Bertz CT molecular complexity index is 598. The number of nitrogens with one attached hydrogen (secondary N) is 2. The number of anilines is 1. The summed E-state index contributed by atoms with van der Waals surface area (Å²) < 4.78 is 4.88. The first-order chi connectivity index (χ1) is 12.0. The van der Waals surface area contributed by atoms with Crippen LogP contribution in [0.1, 0.15) is 44.9 Å². The van der Waals surface area contributed by atoms with E-state index in [-0.39, 0.29) is 31.4 Å². The summed E-state index contributed by atoms with van der Waals surface area (Å²) in [5.41, 5.74) is 0.567. The summed E-state index contributed by atoms with van der Waals surface area (Å²) in [4.78, 5) is 35.2. The van der Waals surface area contributed by atoms with Gasteiger partial charge in [-0.25, -0.2) is 0 Å². The number of benzene rings is 1. The molecule has 0 bridgehead atoms. The van der Waals surface area contributed by atoms with Gasteiger partial charge in [0.1, 0.15) is 0 Å². The highest BCUT2D eigenvalue weighted by Crippen LogP contribution is 2.17. The Morgan fingerprint density at radius 1 is 1.00 bits per heavy atom. The smallest absolute Gasteiger partial charge is 0.306 e. The van der Waals surface area contributed by atoms with Crippen molar-refractivity contribution >= 4 is 35.1 Å². The molecule has 2 rings (SSSR count). The van der Waals surface area contributed by atoms with Crippen LogP contribution in [-0.4, -0.2) is 30.4 Å². The van der Waals surface area contributed by atoms with Crippen molar-refractivity contribution in [2.75, 3.05) is 11.9 Å². The van der Waals surface area contributed by atoms with Gasteiger partial charge in [-0.15, -0.1) is 0 Å². The largest absolute Gasteiger partial charge is 0.456 e. The molecule has 0 spiro atoms. The molecule has 6 nitrogen and oxygen atoms in total. The van der Waals surface area contributed by atoms with E-state index in [9.17, 15) is 14.4 Å². The van der Waals surface area contributed by atoms with E-state index >= 15 is 0 Å². The van der Waals surface area contributed by atoms with Crippen LogP contribution >= 0.6 is 11.6 Å². The van der Waals surface area contributed by atoms with Crippen molar-refractivity contribution in [3.63, 3.8) is 0 Å². The van der Waals surface area contributed by atoms with Gasteiger partial charge in [0, 0.05) is 23.2 Å². The lowest BCUT2D eigenvalue weighted by Gasteiger charge is -2.22. The molecule has 1 aromatic carbocycles. The number of esters is 1. The van der Waals surface area contributed by atoms with Gasteiger partial charge in [0.25, 0.3) is 5.91 Å². The van der Waals surface area contributed by atoms with Gasteiger partial charge in [-0.2, -0.15) is 0 Å². The van der Waals surface area contributed by atoms with Crippen LogP contribution in [0.15, 0.2) is 24.3 Å². The first-order valence-electron chi connectivity index (χ1n) is 8.53. The molecule has 2 amide bonds. The monoisotopic (exact) mass is 366 g/mol. The molecule has 1 aliphatic carbocycles. The van der Waals surface area contributed by atoms with Gasteiger partial charge in [0.05, 0.1) is 6.42 Å². The minimum Gasteiger partial charge on any atom is -0.456 e. The third-order valence-electron chi connectivity index (χ3n) is 4.02. The highest BCUT2D eigenvalue weighted by atomic mass is 35.5. The predicted molar refractivity (Wildman–Crippen MR) is 95.3 cm³/mol. The SMILES string of the molecule is O=C(COC(=O)CCC(=O)NC1CCCCC1)Nc1ccc(Cl)cc1. The molecule has 1 fully saturated rings. The van der Waals surface area contributed by atoms with E-state index in [1.165, 1.54) is 6.42 Å². The predicted octanol–water partition coefficient (Wildman–Crippen LogP) is 3.05. The van der Waals surface area contributed by atoms with Gasteiger partial charge in [0.2, 0.25) is 5.91 Å². The summed E-state index contributed by atoms with van der Waals surface area (Å²) in [7, 11) is 0. The molecule has 1 saturated carbocycles. The fourth-order valence-electron chi connectivity index (χ4n) is 2.71. The van der Waals surface area contributed by atoms with Crippen LogP contribution in [-0.2, 0) is 19.1 Å². The number of amides is 2. The number of carbonyl (C=O) groups excluding carboxylic acids is 3. The van der Waals surface area contributed by atoms with Crippen LogP contribution in [0.5, 0.6) is 0 Å². The Morgan fingerprint density at radius 3 is 2.36 bits per heavy atom. The highest BCUT2D eigenvalue weighted by molar-refractivity contribution is 6.30. The summed E-state index contributed by atoms with van der Waals surface area (Å²) in [5.74, 6) is -1.15. The van der Waals surface area contributed by atoms with Crippen LogP contribution in [0.3, 0.4) is 0 Å². The second-order valence-corrected chi connectivity index (χ2v) is 6.55. The summed E-state index contributed by atoms with van der Waals surface area (Å²) in [5, 5.41) is 6.09. The quantitative estimate of drug-likeness (QED) is 0.726. The third kappa shape index (κ3) is 7.56. The van der Waals surface area contributed by atoms with Crippen LogP contribution < -0.4 is 10.6 Å². The fourth-order valence-corrected chi connectivity index (χ4v) is 2.84. The van der Waals surface area contributed by atoms with Crippen LogP contribution in [0, 0.1) is 0 Å². The Morgan fingerprint density at radius 2 is 1.68 bits per heavy atom. The van der Waals surface area contributed by atoms with Crippen molar-refractivity contribution in [3.05, 3.63) is 29.3 Å². The van der Waals surface area contributed by atoms with Crippen LogP contribution in [0.25, 0.3) is 0 Å². The molecule has 25 heavy (non-hydrogen) atoms. The standard InChI is InChI=1S/C18H23ClN2O4/c19-13-6-8-15(9-7-13)21-17(23)12-25-18(24)11-10-16(22)20-14-4-2-1-3-5-14/h6-9,14H,1-5,10-12H2,(H,20,22)(H,21,23). The van der Waals surface area contributed by atoms with E-state index in [0.29, 0.717) is 10.7 Å². The Kier molecular flexibility index (Phi) is 7.73. The van der Waals surface area contributed by atoms with E-state index < -0.39 is 11.9 Å². The zero-order chi connectivity index (χ0) is 18.1. The number of halogens is 1. The van der Waals surface area contributed by atoms with Crippen molar-refractivity contribution in [1.29, 1.82) is 0 Å². The number of hydrogen-bond acceptors (Lipinski definition) is 4. The first-order valence-corrected chi connectivity index (χ1v) is 8.91. The molecule has 1 aromatic rings. The van der Waals surface area contributed by atoms with Crippen molar-refractivity contribution in [2.24, 2.45) is 0 Å². The molecule has 0 aliphatic heterocycles. The maximum atomic E-state index is 11.8. The lowest BCUT2D eigenvalue weighted by Crippen LogP contribution is -2.36. The molecule has 0 heterocycles. The highest BCUT2D eigenvalue weighted by Gasteiger charge is 2.16. The molecule has 0 saturated heterocycles. The number of hydrogen-bond donors (Lipinski definition) is 2. The third-order valence-corrected chi connectivity index (χ3v) is 4.27. The Hall–Kier alpha value is -2.08. The summed E-state index contributed by atoms with van der Waals surface area (Å²) in [6.07, 6.45) is 5.53. The van der Waals surface area contributed by atoms with Gasteiger partial charge in [-0.1, -0.05) is 30.9 Å². The van der Waals surface area contributed by atoms with Crippen molar-refractivity contribution in [1.82, 2.24) is 5.32 Å². The van der Waals surface area contributed by atoms with Gasteiger partial charge >= 0.3 is 5.97 Å². The zero-order valence-corrected chi connectivity index (χ0v) is 14.8. The van der Waals surface area contributed by atoms with Gasteiger partial charge in [0.15, 0.2) is 6.61 Å². The summed E-state index contributed by atoms with van der Waals surface area (Å²) in [6, 6.07) is 6.82. The molecule has 2 N–H and O–H groups in total. The van der Waals surface area contributed by atoms with E-state index in [1.54, 1.807) is 24.3 Å². The average Bonchev–Trinajstić information content (AvgIpc) is 2.61. The molecule has 0 atom stereocenters. The zero-order valence-electron chi connectivity index (χ0n) is 14.1. The molecular weight excluding hydrogens is 344 g/mol. The van der Waals surface area contributed by atoms with E-state index in [1.807, 2.05) is 0 Å². The van der Waals surface area contributed by atoms with Crippen molar-refractivity contribution in [2.45, 2.75) is 51.0 Å². The first kappa shape index (κ1) is 19.2. The topological polar surface area (TPSA) is 84.5 Å². The lowest BCUT2D eigenvalue weighted by atomic mass is 9.95. The lowest BCUT2D eigenvalue weighted by molar-refractivity contribution is -0.148. The summed E-state index contributed by atoms with van der Waals surface area (Å²) in [6.45, 7) is -0.383. The molecule has 7 heteroatoms. The normalized spacial score (nSPS) is 14.6. The summed E-state index contributed by atoms with van der Waals surface area (Å²) >= 11 is 5.76. The number of ether oxygens (including phenoxy) is 1. The Labute approximate surface area is 152 Å². The molecular formula is C18H23ClN2O4. The average molecular weight is 367 g/mol. The van der Waals surface area contributed by atoms with Crippen molar-refractivity contribution in [3.8, 4) is 0 Å². The molecule has 0 radical (unpaired) electrons. The Balaban J connectivity index is 1.60. The maximum Gasteiger partial charge on any atom is 0.306 e. The second-order valence-electron chi connectivity index (χ2n) is 6.12. The van der Waals surface area contributed by atoms with Gasteiger partial charge in [-0.05, 0) is 37.1 Å². The fraction of sp³-hybridized carbons (Fsp3) is 0.500. The number of carbonyl (C=O) groups is 3. The van der Waals surface area contributed by atoms with E-state index in [2.05, 4.69) is 10.6 Å². The number of rotatable bonds is 7. The molecule has 1 aliphatic rings. The molecule has 0 aromatic heterocycles. The minimum absolute atomic E-state index is 0.0349. The van der Waals surface area contributed by atoms with Gasteiger partial charge < -0.3 is 15.4 Å². The second kappa shape index (κ2) is 10.0. The van der Waals surface area contributed by atoms with Crippen LogP contribution in [0.2, 0.25) is 5.02 Å². The van der Waals surface area contributed by atoms with E-state index in [0.717, 1.165) is 25.7 Å². The maximum absolute atomic E-state index is 11.8. The van der Waals surface area contributed by atoms with Gasteiger partial charge in [-0.3, -0.25) is 14.4 Å². The minimum atomic E-state index is -0.565. The molecule has 136 valence electrons. The van der Waals surface area contributed by atoms with Crippen molar-refractivity contribution < 1.29 is 19.1 Å². The van der Waals surface area contributed by atoms with E-state index in [4.69, 9.17) is 16.3 Å². The van der Waals surface area contributed by atoms with Crippen LogP contribution in [0.4, 0.5) is 5.69 Å². The molecule has 0 unspecified atom stereocenters.